The van der Waals surface area contributed by atoms with Gasteiger partial charge < -0.3 is 5.73 Å². The van der Waals surface area contributed by atoms with Crippen LogP contribution in [0.15, 0.2) is 36.5 Å². The second-order valence-corrected chi connectivity index (χ2v) is 6.86. The van der Waals surface area contributed by atoms with Crippen molar-refractivity contribution in [2.45, 2.75) is 20.3 Å². The van der Waals surface area contributed by atoms with E-state index in [2.05, 4.69) is 9.71 Å². The molecule has 0 bridgehead atoms. The Bertz CT molecular complexity index is 705. The van der Waals surface area contributed by atoms with Crippen molar-refractivity contribution in [3.8, 4) is 0 Å². The number of nitrogen functional groups attached to an aromatic ring is 1. The second kappa shape index (κ2) is 6.13. The molecule has 3 N–H and O–H groups in total. The van der Waals surface area contributed by atoms with E-state index in [9.17, 15) is 8.42 Å². The lowest BCUT2D eigenvalue weighted by atomic mass is 10.1. The van der Waals surface area contributed by atoms with Crippen molar-refractivity contribution in [1.82, 2.24) is 4.98 Å². The van der Waals surface area contributed by atoms with E-state index in [4.69, 9.17) is 5.73 Å². The molecule has 6 heteroatoms. The first-order valence-electron chi connectivity index (χ1n) is 6.64. The minimum atomic E-state index is -3.42. The van der Waals surface area contributed by atoms with Crippen LogP contribution in [0.25, 0.3) is 0 Å². The van der Waals surface area contributed by atoms with Crippen LogP contribution in [0.2, 0.25) is 0 Å². The molecule has 1 aromatic heterocycles. The Morgan fingerprint density at radius 3 is 2.43 bits per heavy atom. The van der Waals surface area contributed by atoms with E-state index in [0.29, 0.717) is 17.8 Å². The molecule has 5 nitrogen and oxygen atoms in total. The first-order valence-corrected chi connectivity index (χ1v) is 8.30. The third-order valence-corrected chi connectivity index (χ3v) is 4.42. The third kappa shape index (κ3) is 4.19. The van der Waals surface area contributed by atoms with E-state index in [1.54, 1.807) is 24.4 Å². The molecule has 2 aromatic rings. The summed E-state index contributed by atoms with van der Waals surface area (Å²) >= 11 is 0. The van der Waals surface area contributed by atoms with E-state index >= 15 is 0 Å². The van der Waals surface area contributed by atoms with Crippen LogP contribution in [-0.4, -0.2) is 19.2 Å². The zero-order valence-corrected chi connectivity index (χ0v) is 12.9. The fourth-order valence-electron chi connectivity index (χ4n) is 2.15. The van der Waals surface area contributed by atoms with Crippen LogP contribution in [0.1, 0.15) is 16.8 Å². The van der Waals surface area contributed by atoms with Gasteiger partial charge in [-0.05, 0) is 49.2 Å². The minimum Gasteiger partial charge on any atom is -0.399 e. The zero-order valence-electron chi connectivity index (χ0n) is 12.1. The van der Waals surface area contributed by atoms with Gasteiger partial charge in [-0.2, -0.15) is 0 Å². The Balaban J connectivity index is 2.11. The largest absolute Gasteiger partial charge is 0.399 e. The Morgan fingerprint density at radius 1 is 1.19 bits per heavy atom. The van der Waals surface area contributed by atoms with Crippen molar-refractivity contribution >= 4 is 21.4 Å². The number of hydrogen-bond acceptors (Lipinski definition) is 4. The molecule has 112 valence electrons. The van der Waals surface area contributed by atoms with Gasteiger partial charge in [0.2, 0.25) is 10.0 Å². The lowest BCUT2D eigenvalue weighted by Gasteiger charge is -2.14. The highest BCUT2D eigenvalue weighted by Crippen LogP contribution is 2.24. The molecule has 0 saturated carbocycles. The number of rotatable bonds is 5. The summed E-state index contributed by atoms with van der Waals surface area (Å²) in [5, 5.41) is 0. The molecule has 2 rings (SSSR count). The number of hydrogen-bond donors (Lipinski definition) is 2. The van der Waals surface area contributed by atoms with E-state index in [-0.39, 0.29) is 5.75 Å². The van der Waals surface area contributed by atoms with Gasteiger partial charge in [-0.15, -0.1) is 0 Å². The predicted octanol–water partition coefficient (Wildman–Crippen LogP) is 2.27. The number of nitrogens with two attached hydrogens (primary N) is 1. The molecule has 0 atom stereocenters. The smallest absolute Gasteiger partial charge is 0.233 e. The molecule has 0 aliphatic heterocycles. The van der Waals surface area contributed by atoms with Gasteiger partial charge in [-0.3, -0.25) is 9.71 Å². The number of benzene rings is 1. The van der Waals surface area contributed by atoms with E-state index in [1.165, 1.54) is 0 Å². The molecule has 0 radical (unpaired) electrons. The summed E-state index contributed by atoms with van der Waals surface area (Å²) in [5.74, 6) is -0.00668. The molecule has 1 aromatic carbocycles. The van der Waals surface area contributed by atoms with Crippen LogP contribution < -0.4 is 10.5 Å². The van der Waals surface area contributed by atoms with Crippen LogP contribution >= 0.6 is 0 Å². The van der Waals surface area contributed by atoms with Crippen molar-refractivity contribution in [2.24, 2.45) is 0 Å². The average Bonchev–Trinajstić information content (AvgIpc) is 2.42. The van der Waals surface area contributed by atoms with Crippen LogP contribution in [0.4, 0.5) is 11.4 Å². The minimum absolute atomic E-state index is 0.00668. The molecule has 0 spiro atoms. The predicted molar refractivity (Wildman–Crippen MR) is 85.7 cm³/mol. The second-order valence-electron chi connectivity index (χ2n) is 5.02. The molecular formula is C15H19N3O2S. The molecule has 1 heterocycles. The number of nitrogens with one attached hydrogen (secondary N) is 1. The quantitative estimate of drug-likeness (QED) is 0.830. The summed E-state index contributed by atoms with van der Waals surface area (Å²) in [7, 11) is -3.42. The fraction of sp³-hybridized carbons (Fsp3) is 0.267. The summed E-state index contributed by atoms with van der Waals surface area (Å²) in [6, 6.07) is 8.97. The summed E-state index contributed by atoms with van der Waals surface area (Å²) < 4.78 is 27.0. The number of anilines is 2. The monoisotopic (exact) mass is 305 g/mol. The zero-order chi connectivity index (χ0) is 15.5. The maximum absolute atomic E-state index is 12.2. The van der Waals surface area contributed by atoms with E-state index in [0.717, 1.165) is 16.8 Å². The van der Waals surface area contributed by atoms with Gasteiger partial charge in [0.25, 0.3) is 0 Å². The van der Waals surface area contributed by atoms with Crippen LogP contribution in [0, 0.1) is 13.8 Å². The number of sulfonamides is 1. The molecule has 0 aliphatic rings. The Labute approximate surface area is 125 Å². The molecule has 0 fully saturated rings. The van der Waals surface area contributed by atoms with Gasteiger partial charge in [0.1, 0.15) is 0 Å². The van der Waals surface area contributed by atoms with Crippen molar-refractivity contribution in [2.75, 3.05) is 16.2 Å². The number of pyridine rings is 1. The number of nitrogens with zero attached hydrogens (tertiary/aromatic N) is 1. The van der Waals surface area contributed by atoms with Crippen molar-refractivity contribution in [1.29, 1.82) is 0 Å². The van der Waals surface area contributed by atoms with Gasteiger partial charge in [0, 0.05) is 24.0 Å². The van der Waals surface area contributed by atoms with E-state index < -0.39 is 10.0 Å². The SMILES string of the molecule is Cc1cc(N)cc(C)c1NS(=O)(=O)CCc1ccccn1. The van der Waals surface area contributed by atoms with Gasteiger partial charge >= 0.3 is 0 Å². The molecule has 21 heavy (non-hydrogen) atoms. The van der Waals surface area contributed by atoms with Crippen LogP contribution in [-0.2, 0) is 16.4 Å². The normalized spacial score (nSPS) is 11.3. The molecule has 0 aliphatic carbocycles. The highest BCUT2D eigenvalue weighted by molar-refractivity contribution is 7.92. The Morgan fingerprint density at radius 2 is 1.86 bits per heavy atom. The first kappa shape index (κ1) is 15.3. The van der Waals surface area contributed by atoms with Crippen molar-refractivity contribution < 1.29 is 8.42 Å². The topological polar surface area (TPSA) is 85.1 Å². The van der Waals surface area contributed by atoms with Gasteiger partial charge in [-0.25, -0.2) is 8.42 Å². The first-order chi connectivity index (χ1) is 9.87. The third-order valence-electron chi connectivity index (χ3n) is 3.17. The molecule has 0 saturated heterocycles. The molecular weight excluding hydrogens is 286 g/mol. The Hall–Kier alpha value is -2.08. The van der Waals surface area contributed by atoms with Crippen molar-refractivity contribution in [3.63, 3.8) is 0 Å². The number of aromatic nitrogens is 1. The summed E-state index contributed by atoms with van der Waals surface area (Å²) in [6.07, 6.45) is 2.03. The number of aryl methyl sites for hydroxylation is 3. The lowest BCUT2D eigenvalue weighted by molar-refractivity contribution is 0.600. The average molecular weight is 305 g/mol. The lowest BCUT2D eigenvalue weighted by Crippen LogP contribution is -2.19. The van der Waals surface area contributed by atoms with Crippen molar-refractivity contribution in [3.05, 3.63) is 53.3 Å². The fourth-order valence-corrected chi connectivity index (χ4v) is 3.36. The summed E-state index contributed by atoms with van der Waals surface area (Å²) in [4.78, 5) is 4.13. The molecule has 0 unspecified atom stereocenters. The van der Waals surface area contributed by atoms with Gasteiger partial charge in [0.05, 0.1) is 11.4 Å². The van der Waals surface area contributed by atoms with E-state index in [1.807, 2.05) is 26.0 Å². The van der Waals surface area contributed by atoms with Gasteiger partial charge in [-0.1, -0.05) is 6.07 Å². The summed E-state index contributed by atoms with van der Waals surface area (Å²) in [6.45, 7) is 3.67. The molecule has 0 amide bonds. The van der Waals surface area contributed by atoms with Crippen LogP contribution in [0.5, 0.6) is 0 Å². The summed E-state index contributed by atoms with van der Waals surface area (Å²) in [5.41, 5.74) is 9.36. The van der Waals surface area contributed by atoms with Gasteiger partial charge in [0.15, 0.2) is 0 Å². The highest BCUT2D eigenvalue weighted by atomic mass is 32.2. The maximum atomic E-state index is 12.2. The highest BCUT2D eigenvalue weighted by Gasteiger charge is 2.14. The maximum Gasteiger partial charge on any atom is 0.233 e. The van der Waals surface area contributed by atoms with Crippen LogP contribution in [0.3, 0.4) is 0 Å². The standard InChI is InChI=1S/C15H19N3O2S/c1-11-9-13(16)10-12(2)15(11)18-21(19,20)8-6-14-5-3-4-7-17-14/h3-5,7,9-10,18H,6,8,16H2,1-2H3. The Kier molecular flexibility index (Phi) is 4.47.